The molecule has 0 saturated heterocycles. The fourth-order valence-corrected chi connectivity index (χ4v) is 4.49. The Morgan fingerprint density at radius 1 is 0.684 bits per heavy atom. The van der Waals surface area contributed by atoms with Gasteiger partial charge in [-0.3, -0.25) is 9.59 Å². The second-order valence-corrected chi connectivity index (χ2v) is 9.40. The zero-order valence-corrected chi connectivity index (χ0v) is 21.8. The summed E-state index contributed by atoms with van der Waals surface area (Å²) in [6.45, 7) is 5.82. The Hall–Kier alpha value is -4.38. The van der Waals surface area contributed by atoms with Gasteiger partial charge in [-0.25, -0.2) is 0 Å². The monoisotopic (exact) mass is 505 g/mol. The summed E-state index contributed by atoms with van der Waals surface area (Å²) in [5.41, 5.74) is 4.40. The minimum absolute atomic E-state index is 0.0197. The van der Waals surface area contributed by atoms with Crippen LogP contribution in [-0.4, -0.2) is 39.3 Å². The van der Waals surface area contributed by atoms with Crippen LogP contribution in [0.2, 0.25) is 0 Å². The highest BCUT2D eigenvalue weighted by atomic mass is 16.2. The molecule has 5 heteroatoms. The molecular formula is C33H35N3O2. The first-order valence-electron chi connectivity index (χ1n) is 13.0. The molecule has 0 spiro atoms. The van der Waals surface area contributed by atoms with Crippen molar-refractivity contribution in [2.75, 3.05) is 13.1 Å². The van der Waals surface area contributed by atoms with Crippen LogP contribution in [0.25, 0.3) is 0 Å². The number of hydrogen-bond acceptors (Lipinski definition) is 2. The van der Waals surface area contributed by atoms with E-state index in [4.69, 9.17) is 0 Å². The smallest absolute Gasteiger partial charge is 0.242 e. The predicted octanol–water partition coefficient (Wildman–Crippen LogP) is 5.71. The molecule has 3 aromatic carbocycles. The minimum atomic E-state index is -0.0868. The fourth-order valence-electron chi connectivity index (χ4n) is 4.49. The summed E-state index contributed by atoms with van der Waals surface area (Å²) >= 11 is 0. The Labute approximate surface area is 225 Å². The third-order valence-corrected chi connectivity index (χ3v) is 6.54. The molecule has 1 heterocycles. The van der Waals surface area contributed by atoms with Crippen LogP contribution >= 0.6 is 0 Å². The van der Waals surface area contributed by atoms with Gasteiger partial charge in [0.05, 0.1) is 6.54 Å². The Kier molecular flexibility index (Phi) is 9.69. The summed E-state index contributed by atoms with van der Waals surface area (Å²) in [7, 11) is 0. The van der Waals surface area contributed by atoms with Gasteiger partial charge in [-0.2, -0.15) is 0 Å². The third kappa shape index (κ3) is 7.81. The van der Waals surface area contributed by atoms with Crippen molar-refractivity contribution in [2.45, 2.75) is 32.5 Å². The normalized spacial score (nSPS) is 10.6. The molecule has 0 radical (unpaired) electrons. The van der Waals surface area contributed by atoms with Gasteiger partial charge in [0.2, 0.25) is 11.8 Å². The number of aromatic nitrogens is 1. The molecule has 2 amide bonds. The van der Waals surface area contributed by atoms with Gasteiger partial charge >= 0.3 is 0 Å². The molecule has 0 aliphatic rings. The third-order valence-electron chi connectivity index (χ3n) is 6.54. The molecule has 0 unspecified atom stereocenters. The van der Waals surface area contributed by atoms with Crippen LogP contribution in [0.1, 0.15) is 28.8 Å². The first-order valence-corrected chi connectivity index (χ1v) is 13.0. The summed E-state index contributed by atoms with van der Waals surface area (Å²) in [6.07, 6.45) is 4.72. The number of amides is 2. The van der Waals surface area contributed by atoms with Crippen LogP contribution in [0.5, 0.6) is 0 Å². The number of aryl methyl sites for hydroxylation is 1. The standard InChI is InChI=1S/C33H35N3O2/c1-2-22-35(32(37)21-20-28-13-6-3-7-14-28)27-33(38)36(25-30-17-10-5-11-18-30)26-31-19-12-23-34(31)24-29-15-8-4-9-16-29/h2-19,23H,1,20-22,24-27H2. The van der Waals surface area contributed by atoms with Crippen LogP contribution in [0, 0.1) is 0 Å². The molecule has 0 fully saturated rings. The summed E-state index contributed by atoms with van der Waals surface area (Å²) in [5, 5.41) is 0. The molecular weight excluding hydrogens is 470 g/mol. The Bertz CT molecular complexity index is 1300. The molecule has 38 heavy (non-hydrogen) atoms. The van der Waals surface area contributed by atoms with E-state index in [0.29, 0.717) is 32.5 Å². The molecule has 0 atom stereocenters. The lowest BCUT2D eigenvalue weighted by Gasteiger charge is -2.28. The number of benzene rings is 3. The van der Waals surface area contributed by atoms with Gasteiger partial charge in [-0.15, -0.1) is 6.58 Å². The maximum atomic E-state index is 13.7. The average molecular weight is 506 g/mol. The molecule has 194 valence electrons. The predicted molar refractivity (Wildman–Crippen MR) is 152 cm³/mol. The quantitative estimate of drug-likeness (QED) is 0.218. The zero-order chi connectivity index (χ0) is 26.6. The van der Waals surface area contributed by atoms with Gasteiger partial charge in [0.15, 0.2) is 0 Å². The van der Waals surface area contributed by atoms with Gasteiger partial charge in [0, 0.05) is 37.9 Å². The lowest BCUT2D eigenvalue weighted by molar-refractivity contribution is -0.140. The largest absolute Gasteiger partial charge is 0.345 e. The number of carbonyl (C=O) groups is 2. The van der Waals surface area contributed by atoms with E-state index in [1.54, 1.807) is 11.0 Å². The second-order valence-electron chi connectivity index (χ2n) is 9.40. The molecule has 0 aliphatic carbocycles. The van der Waals surface area contributed by atoms with Crippen molar-refractivity contribution in [2.24, 2.45) is 0 Å². The van der Waals surface area contributed by atoms with Gasteiger partial charge in [-0.1, -0.05) is 97.1 Å². The van der Waals surface area contributed by atoms with Gasteiger partial charge in [0.25, 0.3) is 0 Å². The van der Waals surface area contributed by atoms with E-state index in [1.165, 1.54) is 5.56 Å². The van der Waals surface area contributed by atoms with Crippen molar-refractivity contribution in [3.63, 3.8) is 0 Å². The Balaban J connectivity index is 1.48. The highest BCUT2D eigenvalue weighted by Crippen LogP contribution is 2.15. The lowest BCUT2D eigenvalue weighted by atomic mass is 10.1. The first kappa shape index (κ1) is 26.7. The van der Waals surface area contributed by atoms with Gasteiger partial charge in [-0.05, 0) is 35.2 Å². The highest BCUT2D eigenvalue weighted by Gasteiger charge is 2.22. The first-order chi connectivity index (χ1) is 18.6. The van der Waals surface area contributed by atoms with Crippen molar-refractivity contribution in [3.8, 4) is 0 Å². The topological polar surface area (TPSA) is 45.6 Å². The molecule has 0 bridgehead atoms. The van der Waals surface area contributed by atoms with E-state index in [2.05, 4.69) is 29.3 Å². The number of carbonyl (C=O) groups excluding carboxylic acids is 2. The van der Waals surface area contributed by atoms with Crippen LogP contribution in [0.4, 0.5) is 0 Å². The van der Waals surface area contributed by atoms with E-state index in [1.807, 2.05) is 96.0 Å². The lowest BCUT2D eigenvalue weighted by Crippen LogP contribution is -2.42. The van der Waals surface area contributed by atoms with E-state index in [9.17, 15) is 9.59 Å². The van der Waals surface area contributed by atoms with Crippen molar-refractivity contribution in [1.82, 2.24) is 14.4 Å². The SMILES string of the molecule is C=CCN(CC(=O)N(Cc1ccccc1)Cc1cccn1Cc1ccccc1)C(=O)CCc1ccccc1. The van der Waals surface area contributed by atoms with E-state index in [-0.39, 0.29) is 18.4 Å². The fraction of sp³-hybridized carbons (Fsp3) is 0.212. The van der Waals surface area contributed by atoms with Crippen molar-refractivity contribution in [3.05, 3.63) is 144 Å². The maximum absolute atomic E-state index is 13.7. The molecule has 0 aliphatic heterocycles. The molecule has 1 aromatic heterocycles. The summed E-state index contributed by atoms with van der Waals surface area (Å²) in [6, 6.07) is 34.3. The summed E-state index contributed by atoms with van der Waals surface area (Å²) in [5.74, 6) is -0.134. The number of rotatable bonds is 13. The highest BCUT2D eigenvalue weighted by molar-refractivity contribution is 5.85. The van der Waals surface area contributed by atoms with Crippen molar-refractivity contribution < 1.29 is 9.59 Å². The second kappa shape index (κ2) is 13.8. The average Bonchev–Trinajstić information content (AvgIpc) is 3.39. The van der Waals surface area contributed by atoms with Gasteiger partial charge < -0.3 is 14.4 Å². The van der Waals surface area contributed by atoms with Crippen molar-refractivity contribution in [1.29, 1.82) is 0 Å². The Morgan fingerprint density at radius 3 is 1.92 bits per heavy atom. The number of hydrogen-bond donors (Lipinski definition) is 0. The Morgan fingerprint density at radius 2 is 1.29 bits per heavy atom. The van der Waals surface area contributed by atoms with E-state index in [0.717, 1.165) is 23.4 Å². The van der Waals surface area contributed by atoms with Crippen molar-refractivity contribution >= 4 is 11.8 Å². The van der Waals surface area contributed by atoms with Crippen LogP contribution in [0.3, 0.4) is 0 Å². The van der Waals surface area contributed by atoms with Crippen LogP contribution in [-0.2, 0) is 35.6 Å². The minimum Gasteiger partial charge on any atom is -0.345 e. The van der Waals surface area contributed by atoms with E-state index >= 15 is 0 Å². The summed E-state index contributed by atoms with van der Waals surface area (Å²) in [4.78, 5) is 30.2. The number of nitrogens with zero attached hydrogens (tertiary/aromatic N) is 3. The summed E-state index contributed by atoms with van der Waals surface area (Å²) < 4.78 is 2.17. The van der Waals surface area contributed by atoms with Gasteiger partial charge in [0.1, 0.15) is 6.54 Å². The van der Waals surface area contributed by atoms with E-state index < -0.39 is 0 Å². The molecule has 4 rings (SSSR count). The molecule has 5 nitrogen and oxygen atoms in total. The molecule has 0 saturated carbocycles. The maximum Gasteiger partial charge on any atom is 0.242 e. The van der Waals surface area contributed by atoms with Crippen LogP contribution in [0.15, 0.2) is 122 Å². The molecule has 0 N–H and O–H groups in total. The van der Waals surface area contributed by atoms with Crippen LogP contribution < -0.4 is 0 Å². The zero-order valence-electron chi connectivity index (χ0n) is 21.8. The molecule has 4 aromatic rings.